The van der Waals surface area contributed by atoms with Crippen molar-refractivity contribution in [1.29, 1.82) is 5.26 Å². The van der Waals surface area contributed by atoms with Gasteiger partial charge in [0.05, 0.1) is 30.5 Å². The van der Waals surface area contributed by atoms with E-state index in [4.69, 9.17) is 14.7 Å². The van der Waals surface area contributed by atoms with Crippen molar-refractivity contribution in [1.82, 2.24) is 15.0 Å². The van der Waals surface area contributed by atoms with Crippen LogP contribution >= 0.6 is 0 Å². The first-order chi connectivity index (χ1) is 16.3. The smallest absolute Gasteiger partial charge is 0.430 e. The Bertz CT molecular complexity index is 1300. The normalized spacial score (nSPS) is 11.1. The minimum atomic E-state index is -4.56. The summed E-state index contributed by atoms with van der Waals surface area (Å²) in [6, 6.07) is 11.1. The van der Waals surface area contributed by atoms with Crippen LogP contribution in [-0.2, 0) is 26.1 Å². The van der Waals surface area contributed by atoms with Crippen LogP contribution in [0.15, 0.2) is 59.9 Å². The molecule has 0 saturated carbocycles. The molecule has 0 saturated heterocycles. The summed E-state index contributed by atoms with van der Waals surface area (Å²) in [7, 11) is -3.15. The Morgan fingerprint density at radius 1 is 1.09 bits per heavy atom. The van der Waals surface area contributed by atoms with E-state index in [0.29, 0.717) is 15.4 Å². The SMILES string of the molecule is COCc1nccnc1N(C(=O)OCC(C)C)S(=O)(=O)c1cccnc1-c1ccc(C#N)cc1. The predicted octanol–water partition coefficient (Wildman–Crippen LogP) is 3.54. The van der Waals surface area contributed by atoms with Gasteiger partial charge < -0.3 is 9.47 Å². The van der Waals surface area contributed by atoms with Gasteiger partial charge in [0.1, 0.15) is 10.6 Å². The van der Waals surface area contributed by atoms with E-state index in [9.17, 15) is 13.2 Å². The highest BCUT2D eigenvalue weighted by Gasteiger charge is 2.37. The number of anilines is 1. The summed E-state index contributed by atoms with van der Waals surface area (Å²) in [6.45, 7) is 3.58. The molecule has 34 heavy (non-hydrogen) atoms. The molecule has 2 heterocycles. The zero-order valence-electron chi connectivity index (χ0n) is 18.9. The average Bonchev–Trinajstić information content (AvgIpc) is 2.84. The van der Waals surface area contributed by atoms with Gasteiger partial charge in [-0.15, -0.1) is 4.31 Å². The molecule has 3 rings (SSSR count). The number of hydrogen-bond donors (Lipinski definition) is 0. The Morgan fingerprint density at radius 2 is 1.79 bits per heavy atom. The third-order valence-electron chi connectivity index (χ3n) is 4.51. The van der Waals surface area contributed by atoms with E-state index in [1.54, 1.807) is 24.3 Å². The van der Waals surface area contributed by atoms with Crippen molar-refractivity contribution in [2.24, 2.45) is 5.92 Å². The second-order valence-corrected chi connectivity index (χ2v) is 9.29. The van der Waals surface area contributed by atoms with Crippen LogP contribution in [0, 0.1) is 17.2 Å². The minimum absolute atomic E-state index is 0.000243. The summed E-state index contributed by atoms with van der Waals surface area (Å²) in [6.07, 6.45) is 2.96. The molecule has 2 aromatic heterocycles. The minimum Gasteiger partial charge on any atom is -0.448 e. The summed E-state index contributed by atoms with van der Waals surface area (Å²) in [5.74, 6) is -0.255. The molecule has 10 nitrogen and oxygen atoms in total. The summed E-state index contributed by atoms with van der Waals surface area (Å²) in [5.41, 5.74) is 1.10. The first-order valence-corrected chi connectivity index (χ1v) is 11.7. The Balaban J connectivity index is 2.19. The fourth-order valence-corrected chi connectivity index (χ4v) is 4.47. The Hall–Kier alpha value is -3.88. The highest BCUT2D eigenvalue weighted by Crippen LogP contribution is 2.31. The molecule has 176 valence electrons. The second kappa shape index (κ2) is 10.8. The Labute approximate surface area is 197 Å². The standard InChI is InChI=1S/C23H23N5O5S/c1-16(2)14-33-23(29)28(22-19(15-32-3)25-11-12-27-22)34(30,31)20-5-4-10-26-21(20)18-8-6-17(13-24)7-9-18/h4-12,16H,14-15H2,1-3H3. The van der Waals surface area contributed by atoms with Gasteiger partial charge in [-0.2, -0.15) is 5.26 Å². The monoisotopic (exact) mass is 481 g/mol. The lowest BCUT2D eigenvalue weighted by Gasteiger charge is -2.23. The van der Waals surface area contributed by atoms with Crippen molar-refractivity contribution >= 4 is 21.9 Å². The third kappa shape index (κ3) is 5.36. The molecule has 0 bridgehead atoms. The number of amides is 1. The van der Waals surface area contributed by atoms with E-state index in [-0.39, 0.29) is 41.2 Å². The van der Waals surface area contributed by atoms with Crippen LogP contribution in [-0.4, -0.2) is 43.2 Å². The molecular weight excluding hydrogens is 458 g/mol. The summed E-state index contributed by atoms with van der Waals surface area (Å²) >= 11 is 0. The summed E-state index contributed by atoms with van der Waals surface area (Å²) < 4.78 is 38.7. The maximum atomic E-state index is 13.9. The number of hydrogen-bond acceptors (Lipinski definition) is 9. The number of carbonyl (C=O) groups excluding carboxylic acids is 1. The fraction of sp³-hybridized carbons (Fsp3) is 0.261. The van der Waals surface area contributed by atoms with Crippen molar-refractivity contribution in [3.63, 3.8) is 0 Å². The van der Waals surface area contributed by atoms with Gasteiger partial charge in [-0.3, -0.25) is 9.97 Å². The van der Waals surface area contributed by atoms with Crippen LogP contribution in [0.25, 0.3) is 11.3 Å². The van der Waals surface area contributed by atoms with E-state index in [0.717, 1.165) is 0 Å². The molecule has 0 spiro atoms. The molecule has 0 atom stereocenters. The molecule has 0 radical (unpaired) electrons. The number of methoxy groups -OCH3 is 1. The molecule has 0 aliphatic rings. The molecular formula is C23H23N5O5S. The van der Waals surface area contributed by atoms with Gasteiger partial charge in [0.25, 0.3) is 10.0 Å². The van der Waals surface area contributed by atoms with Crippen LogP contribution in [0.1, 0.15) is 25.1 Å². The largest absolute Gasteiger partial charge is 0.448 e. The number of pyridine rings is 1. The van der Waals surface area contributed by atoms with Crippen molar-refractivity contribution in [3.05, 3.63) is 66.2 Å². The number of aromatic nitrogens is 3. The van der Waals surface area contributed by atoms with Crippen molar-refractivity contribution in [3.8, 4) is 17.3 Å². The highest BCUT2D eigenvalue weighted by molar-refractivity contribution is 7.93. The van der Waals surface area contributed by atoms with Crippen LogP contribution < -0.4 is 4.31 Å². The first kappa shape index (κ1) is 24.8. The van der Waals surface area contributed by atoms with Gasteiger partial charge >= 0.3 is 6.09 Å². The van der Waals surface area contributed by atoms with Crippen LogP contribution in [0.2, 0.25) is 0 Å². The highest BCUT2D eigenvalue weighted by atomic mass is 32.2. The second-order valence-electron chi connectivity index (χ2n) is 7.54. The van der Waals surface area contributed by atoms with Gasteiger partial charge in [-0.25, -0.2) is 18.2 Å². The number of rotatable bonds is 8. The quantitative estimate of drug-likeness (QED) is 0.473. The summed E-state index contributed by atoms with van der Waals surface area (Å²) in [4.78, 5) is 25.3. The van der Waals surface area contributed by atoms with E-state index in [1.165, 1.54) is 37.8 Å². The lowest BCUT2D eigenvalue weighted by Crippen LogP contribution is -2.39. The number of nitriles is 1. The van der Waals surface area contributed by atoms with Crippen LogP contribution in [0.3, 0.4) is 0 Å². The van der Waals surface area contributed by atoms with Gasteiger partial charge in [0.15, 0.2) is 5.82 Å². The number of carbonyl (C=O) groups is 1. The average molecular weight is 482 g/mol. The molecule has 0 fully saturated rings. The molecule has 0 N–H and O–H groups in total. The van der Waals surface area contributed by atoms with Gasteiger partial charge in [0.2, 0.25) is 0 Å². The van der Waals surface area contributed by atoms with Crippen molar-refractivity contribution in [2.75, 3.05) is 18.0 Å². The van der Waals surface area contributed by atoms with E-state index >= 15 is 0 Å². The van der Waals surface area contributed by atoms with Gasteiger partial charge in [0, 0.05) is 31.3 Å². The number of ether oxygens (including phenoxy) is 2. The van der Waals surface area contributed by atoms with Gasteiger partial charge in [-0.05, 0) is 30.2 Å². The molecule has 0 aliphatic carbocycles. The number of sulfonamides is 1. The van der Waals surface area contributed by atoms with Crippen LogP contribution in [0.5, 0.6) is 0 Å². The van der Waals surface area contributed by atoms with E-state index in [1.807, 2.05) is 19.9 Å². The van der Waals surface area contributed by atoms with Crippen molar-refractivity contribution < 1.29 is 22.7 Å². The number of nitrogens with zero attached hydrogens (tertiary/aromatic N) is 5. The Morgan fingerprint density at radius 3 is 2.44 bits per heavy atom. The zero-order valence-corrected chi connectivity index (χ0v) is 19.7. The molecule has 3 aromatic rings. The maximum Gasteiger partial charge on any atom is 0.430 e. The topological polar surface area (TPSA) is 135 Å². The lowest BCUT2D eigenvalue weighted by atomic mass is 10.1. The number of benzene rings is 1. The maximum absolute atomic E-state index is 13.9. The molecule has 1 amide bonds. The third-order valence-corrected chi connectivity index (χ3v) is 6.20. The van der Waals surface area contributed by atoms with Gasteiger partial charge in [-0.1, -0.05) is 26.0 Å². The van der Waals surface area contributed by atoms with Crippen molar-refractivity contribution in [2.45, 2.75) is 25.3 Å². The molecule has 0 aliphatic heterocycles. The summed E-state index contributed by atoms with van der Waals surface area (Å²) in [5, 5.41) is 9.06. The Kier molecular flexibility index (Phi) is 7.88. The lowest BCUT2D eigenvalue weighted by molar-refractivity contribution is 0.143. The van der Waals surface area contributed by atoms with Crippen LogP contribution in [0.4, 0.5) is 10.6 Å². The fourth-order valence-electron chi connectivity index (χ4n) is 2.98. The molecule has 1 aromatic carbocycles. The van der Waals surface area contributed by atoms with E-state index in [2.05, 4.69) is 15.0 Å². The predicted molar refractivity (Wildman–Crippen MR) is 123 cm³/mol. The first-order valence-electron chi connectivity index (χ1n) is 10.3. The zero-order chi connectivity index (χ0) is 24.7. The van der Waals surface area contributed by atoms with E-state index < -0.39 is 16.1 Å². The molecule has 0 unspecified atom stereocenters. The molecule has 11 heteroatoms.